The van der Waals surface area contributed by atoms with Gasteiger partial charge in [0.1, 0.15) is 5.82 Å². The summed E-state index contributed by atoms with van der Waals surface area (Å²) in [7, 11) is 0. The van der Waals surface area contributed by atoms with E-state index in [1.54, 1.807) is 0 Å². The van der Waals surface area contributed by atoms with Crippen LogP contribution in [0.1, 0.15) is 64.4 Å². The summed E-state index contributed by atoms with van der Waals surface area (Å²) >= 11 is 0. The zero-order valence-electron chi connectivity index (χ0n) is 16.6. The van der Waals surface area contributed by atoms with E-state index < -0.39 is 0 Å². The first kappa shape index (κ1) is 19.0. The Kier molecular flexibility index (Phi) is 6.75. The summed E-state index contributed by atoms with van der Waals surface area (Å²) in [6, 6.07) is 4.28. The highest BCUT2D eigenvalue weighted by molar-refractivity contribution is 5.79. The van der Waals surface area contributed by atoms with Gasteiger partial charge in [-0.1, -0.05) is 19.8 Å². The summed E-state index contributed by atoms with van der Waals surface area (Å²) in [5.74, 6) is 2.04. The molecule has 5 heteroatoms. The molecule has 0 radical (unpaired) electrons. The predicted octanol–water partition coefficient (Wildman–Crippen LogP) is 3.71. The van der Waals surface area contributed by atoms with Crippen LogP contribution in [-0.2, 0) is 6.54 Å². The summed E-state index contributed by atoms with van der Waals surface area (Å²) in [6.07, 6.45) is 11.2. The number of guanidine groups is 1. The zero-order chi connectivity index (χ0) is 18.2. The molecule has 1 saturated heterocycles. The molecule has 5 nitrogen and oxygen atoms in total. The Morgan fingerprint density at radius 3 is 2.62 bits per heavy atom. The lowest BCUT2D eigenvalue weighted by atomic mass is 9.83. The van der Waals surface area contributed by atoms with Gasteiger partial charge in [-0.05, 0) is 62.1 Å². The smallest absolute Gasteiger partial charge is 0.191 e. The van der Waals surface area contributed by atoms with E-state index in [1.165, 1.54) is 50.5 Å². The summed E-state index contributed by atoms with van der Waals surface area (Å²) in [5, 5.41) is 7.01. The number of aliphatic imine (C=N–C) groups is 1. The van der Waals surface area contributed by atoms with Crippen LogP contribution in [-0.4, -0.2) is 37.1 Å². The van der Waals surface area contributed by atoms with Crippen molar-refractivity contribution in [3.8, 4) is 0 Å². The molecule has 0 spiro atoms. The number of anilines is 1. The molecular weight excluding hydrogens is 322 g/mol. The van der Waals surface area contributed by atoms with Crippen LogP contribution in [0.25, 0.3) is 0 Å². The molecule has 2 N–H and O–H groups in total. The van der Waals surface area contributed by atoms with Crippen LogP contribution in [0.2, 0.25) is 0 Å². The standard InChI is InChI=1S/C21H35N5/c1-3-21(10-5-6-11-21)17-25-20(22-4-2)24-16-18-9-12-23-19(15-18)26-13-7-8-14-26/h9,12,15H,3-8,10-11,13-14,16-17H2,1-2H3,(H2,22,24,25). The minimum Gasteiger partial charge on any atom is -0.357 e. The van der Waals surface area contributed by atoms with Gasteiger partial charge in [0.15, 0.2) is 5.96 Å². The highest BCUT2D eigenvalue weighted by atomic mass is 15.2. The molecule has 2 fully saturated rings. The molecule has 1 aromatic heterocycles. The Morgan fingerprint density at radius 1 is 1.15 bits per heavy atom. The molecule has 0 unspecified atom stereocenters. The zero-order valence-corrected chi connectivity index (χ0v) is 16.6. The lowest BCUT2D eigenvalue weighted by Crippen LogP contribution is -2.42. The van der Waals surface area contributed by atoms with Crippen LogP contribution in [0, 0.1) is 5.41 Å². The molecule has 1 aliphatic carbocycles. The van der Waals surface area contributed by atoms with E-state index in [2.05, 4.69) is 46.5 Å². The fraction of sp³-hybridized carbons (Fsp3) is 0.714. The monoisotopic (exact) mass is 357 g/mol. The van der Waals surface area contributed by atoms with Gasteiger partial charge in [0.25, 0.3) is 0 Å². The van der Waals surface area contributed by atoms with Crippen molar-refractivity contribution >= 4 is 11.8 Å². The van der Waals surface area contributed by atoms with Crippen LogP contribution >= 0.6 is 0 Å². The minimum absolute atomic E-state index is 0.468. The predicted molar refractivity (Wildman–Crippen MR) is 110 cm³/mol. The largest absolute Gasteiger partial charge is 0.357 e. The lowest BCUT2D eigenvalue weighted by Gasteiger charge is -2.28. The molecular formula is C21H35N5. The Morgan fingerprint density at radius 2 is 1.92 bits per heavy atom. The van der Waals surface area contributed by atoms with Gasteiger partial charge < -0.3 is 15.5 Å². The first-order valence-corrected chi connectivity index (χ1v) is 10.5. The van der Waals surface area contributed by atoms with E-state index in [4.69, 9.17) is 4.99 Å². The first-order chi connectivity index (χ1) is 12.7. The van der Waals surface area contributed by atoms with E-state index in [0.29, 0.717) is 12.0 Å². The molecule has 1 aromatic rings. The number of pyridine rings is 1. The summed E-state index contributed by atoms with van der Waals surface area (Å²) in [4.78, 5) is 11.7. The molecule has 2 heterocycles. The molecule has 0 amide bonds. The third kappa shape index (κ3) is 4.89. The van der Waals surface area contributed by atoms with E-state index in [0.717, 1.165) is 38.0 Å². The van der Waals surface area contributed by atoms with Crippen molar-refractivity contribution in [3.05, 3.63) is 23.9 Å². The quantitative estimate of drug-likeness (QED) is 0.577. The molecule has 0 aromatic carbocycles. The number of nitrogens with zero attached hydrogens (tertiary/aromatic N) is 3. The molecule has 3 rings (SSSR count). The fourth-order valence-corrected chi connectivity index (χ4v) is 4.24. The summed E-state index contributed by atoms with van der Waals surface area (Å²) in [5.41, 5.74) is 1.70. The molecule has 1 aliphatic heterocycles. The number of rotatable bonds is 7. The van der Waals surface area contributed by atoms with Crippen LogP contribution in [0.3, 0.4) is 0 Å². The first-order valence-electron chi connectivity index (χ1n) is 10.5. The fourth-order valence-electron chi connectivity index (χ4n) is 4.24. The third-order valence-corrected chi connectivity index (χ3v) is 6.05. The average Bonchev–Trinajstić information content (AvgIpc) is 3.37. The molecule has 2 aliphatic rings. The van der Waals surface area contributed by atoms with Gasteiger partial charge in [-0.2, -0.15) is 0 Å². The second kappa shape index (κ2) is 9.24. The van der Waals surface area contributed by atoms with Crippen LogP contribution in [0.4, 0.5) is 5.82 Å². The van der Waals surface area contributed by atoms with Crippen molar-refractivity contribution in [3.63, 3.8) is 0 Å². The Labute approximate surface area is 158 Å². The maximum absolute atomic E-state index is 4.83. The van der Waals surface area contributed by atoms with Gasteiger partial charge in [0.2, 0.25) is 0 Å². The Balaban J connectivity index is 1.60. The summed E-state index contributed by atoms with van der Waals surface area (Å²) in [6.45, 7) is 9.32. The lowest BCUT2D eigenvalue weighted by molar-refractivity contribution is 0.283. The topological polar surface area (TPSA) is 52.6 Å². The highest BCUT2D eigenvalue weighted by Crippen LogP contribution is 2.40. The van der Waals surface area contributed by atoms with E-state index in [1.807, 2.05) is 6.20 Å². The van der Waals surface area contributed by atoms with Crippen molar-refractivity contribution in [1.29, 1.82) is 0 Å². The van der Waals surface area contributed by atoms with Crippen LogP contribution in [0.15, 0.2) is 23.3 Å². The number of hydrogen-bond donors (Lipinski definition) is 2. The van der Waals surface area contributed by atoms with E-state index in [9.17, 15) is 0 Å². The van der Waals surface area contributed by atoms with Crippen molar-refractivity contribution in [2.75, 3.05) is 31.1 Å². The maximum Gasteiger partial charge on any atom is 0.191 e. The third-order valence-electron chi connectivity index (χ3n) is 6.05. The number of nitrogens with one attached hydrogen (secondary N) is 2. The maximum atomic E-state index is 4.83. The van der Waals surface area contributed by atoms with Gasteiger partial charge in [0.05, 0.1) is 6.54 Å². The second-order valence-corrected chi connectivity index (χ2v) is 7.83. The minimum atomic E-state index is 0.468. The summed E-state index contributed by atoms with van der Waals surface area (Å²) < 4.78 is 0. The van der Waals surface area contributed by atoms with Gasteiger partial charge in [-0.25, -0.2) is 9.98 Å². The molecule has 144 valence electrons. The SMILES string of the molecule is CCNC(=NCc1ccnc(N2CCCC2)c1)NCC1(CC)CCCC1. The van der Waals surface area contributed by atoms with Gasteiger partial charge in [-0.15, -0.1) is 0 Å². The Hall–Kier alpha value is -1.78. The normalized spacial score (nSPS) is 19.8. The Bertz CT molecular complexity index is 586. The van der Waals surface area contributed by atoms with Crippen LogP contribution in [0.5, 0.6) is 0 Å². The van der Waals surface area contributed by atoms with Gasteiger partial charge >= 0.3 is 0 Å². The number of hydrogen-bond acceptors (Lipinski definition) is 3. The van der Waals surface area contributed by atoms with Crippen molar-refractivity contribution < 1.29 is 0 Å². The van der Waals surface area contributed by atoms with Crippen molar-refractivity contribution in [2.24, 2.45) is 10.4 Å². The molecule has 0 atom stereocenters. The van der Waals surface area contributed by atoms with E-state index >= 15 is 0 Å². The van der Waals surface area contributed by atoms with Gasteiger partial charge in [0, 0.05) is 32.4 Å². The van der Waals surface area contributed by atoms with Crippen molar-refractivity contribution in [2.45, 2.75) is 65.3 Å². The van der Waals surface area contributed by atoms with Crippen molar-refractivity contribution in [1.82, 2.24) is 15.6 Å². The number of aromatic nitrogens is 1. The van der Waals surface area contributed by atoms with E-state index in [-0.39, 0.29) is 0 Å². The molecule has 26 heavy (non-hydrogen) atoms. The molecule has 0 bridgehead atoms. The van der Waals surface area contributed by atoms with Gasteiger partial charge in [-0.3, -0.25) is 0 Å². The highest BCUT2D eigenvalue weighted by Gasteiger charge is 2.31. The molecule has 1 saturated carbocycles. The van der Waals surface area contributed by atoms with Crippen LogP contribution < -0.4 is 15.5 Å². The second-order valence-electron chi connectivity index (χ2n) is 7.83. The average molecular weight is 358 g/mol.